The minimum absolute atomic E-state index is 0.221. The zero-order valence-corrected chi connectivity index (χ0v) is 9.09. The van der Waals surface area contributed by atoms with Gasteiger partial charge < -0.3 is 16.6 Å². The van der Waals surface area contributed by atoms with Crippen LogP contribution in [0, 0.1) is 5.82 Å². The summed E-state index contributed by atoms with van der Waals surface area (Å²) in [6.45, 7) is 0.401. The molecule has 0 heterocycles. The molecule has 0 fully saturated rings. The van der Waals surface area contributed by atoms with Gasteiger partial charge in [-0.25, -0.2) is 4.39 Å². The lowest BCUT2D eigenvalue weighted by atomic mass is 10.0. The fraction of sp³-hybridized carbons (Fsp3) is 0.333. The van der Waals surface area contributed by atoms with Gasteiger partial charge in [0.25, 0.3) is 0 Å². The van der Waals surface area contributed by atoms with Crippen molar-refractivity contribution in [1.82, 2.24) is 0 Å². The highest BCUT2D eigenvalue weighted by Crippen LogP contribution is 2.31. The van der Waals surface area contributed by atoms with Crippen LogP contribution in [-0.2, 0) is 0 Å². The molecule has 0 radical (unpaired) electrons. The van der Waals surface area contributed by atoms with Gasteiger partial charge in [-0.05, 0) is 35.0 Å². The summed E-state index contributed by atoms with van der Waals surface area (Å²) in [6.07, 6.45) is 0.509. The van der Waals surface area contributed by atoms with Crippen LogP contribution in [0.4, 0.5) is 4.39 Å². The SMILES string of the molecule is NCC[C@H](N)c1ccc(Br)c(F)c1O. The second-order valence-electron chi connectivity index (χ2n) is 2.98. The van der Waals surface area contributed by atoms with E-state index in [2.05, 4.69) is 15.9 Å². The molecule has 0 aromatic heterocycles. The third kappa shape index (κ3) is 2.23. The predicted molar refractivity (Wildman–Crippen MR) is 56.4 cm³/mol. The summed E-state index contributed by atoms with van der Waals surface area (Å²) in [5.74, 6) is -1.09. The number of aromatic hydroxyl groups is 1. The van der Waals surface area contributed by atoms with Gasteiger partial charge in [0.15, 0.2) is 11.6 Å². The maximum Gasteiger partial charge on any atom is 0.179 e. The lowest BCUT2D eigenvalue weighted by molar-refractivity contribution is 0.417. The molecule has 3 nitrogen and oxygen atoms in total. The van der Waals surface area contributed by atoms with Crippen molar-refractivity contribution in [3.63, 3.8) is 0 Å². The zero-order valence-electron chi connectivity index (χ0n) is 7.50. The molecule has 1 atom stereocenters. The molecule has 0 spiro atoms. The molecule has 0 amide bonds. The fourth-order valence-corrected chi connectivity index (χ4v) is 1.51. The summed E-state index contributed by atoms with van der Waals surface area (Å²) in [7, 11) is 0. The molecule has 5 heteroatoms. The Balaban J connectivity index is 3.04. The highest BCUT2D eigenvalue weighted by Gasteiger charge is 2.15. The van der Waals surface area contributed by atoms with Crippen LogP contribution in [0.25, 0.3) is 0 Å². The first-order valence-electron chi connectivity index (χ1n) is 4.20. The van der Waals surface area contributed by atoms with Crippen LogP contribution in [0.15, 0.2) is 16.6 Å². The van der Waals surface area contributed by atoms with Gasteiger partial charge in [-0.1, -0.05) is 6.07 Å². The molecular formula is C9H12BrFN2O. The van der Waals surface area contributed by atoms with Crippen molar-refractivity contribution >= 4 is 15.9 Å². The van der Waals surface area contributed by atoms with E-state index >= 15 is 0 Å². The molecule has 0 bridgehead atoms. The van der Waals surface area contributed by atoms with Gasteiger partial charge in [0.05, 0.1) is 4.47 Å². The van der Waals surface area contributed by atoms with E-state index < -0.39 is 17.6 Å². The molecule has 1 rings (SSSR count). The number of nitrogens with two attached hydrogens (primary N) is 2. The summed E-state index contributed by atoms with van der Waals surface area (Å²) in [5.41, 5.74) is 11.4. The second-order valence-corrected chi connectivity index (χ2v) is 3.84. The molecule has 0 saturated heterocycles. The molecule has 0 aliphatic rings. The van der Waals surface area contributed by atoms with E-state index in [-0.39, 0.29) is 4.47 Å². The quantitative estimate of drug-likeness (QED) is 0.776. The van der Waals surface area contributed by atoms with Crippen LogP contribution < -0.4 is 11.5 Å². The van der Waals surface area contributed by atoms with E-state index in [0.29, 0.717) is 18.5 Å². The lowest BCUT2D eigenvalue weighted by Gasteiger charge is -2.13. The second kappa shape index (κ2) is 4.72. The largest absolute Gasteiger partial charge is 0.505 e. The molecule has 0 saturated carbocycles. The Hall–Kier alpha value is -0.650. The summed E-state index contributed by atoms with van der Waals surface area (Å²) < 4.78 is 13.4. The summed E-state index contributed by atoms with van der Waals surface area (Å²) in [4.78, 5) is 0. The number of hydrogen-bond donors (Lipinski definition) is 3. The Morgan fingerprint density at radius 2 is 2.14 bits per heavy atom. The maximum atomic E-state index is 13.2. The molecular weight excluding hydrogens is 251 g/mol. The van der Waals surface area contributed by atoms with E-state index in [1.165, 1.54) is 6.07 Å². The number of phenols is 1. The van der Waals surface area contributed by atoms with Crippen molar-refractivity contribution in [2.75, 3.05) is 6.54 Å². The number of rotatable bonds is 3. The molecule has 78 valence electrons. The number of benzene rings is 1. The van der Waals surface area contributed by atoms with Crippen LogP contribution in [0.2, 0.25) is 0 Å². The first-order valence-corrected chi connectivity index (χ1v) is 4.99. The summed E-state index contributed by atoms with van der Waals surface area (Å²) in [6, 6.07) is 2.67. The Labute approximate surface area is 90.0 Å². The number of phenolic OH excluding ortho intramolecular Hbond substituents is 1. The van der Waals surface area contributed by atoms with Crippen molar-refractivity contribution in [1.29, 1.82) is 0 Å². The standard InChI is InChI=1S/C9H12BrFN2O/c10-6-2-1-5(7(13)3-4-12)9(14)8(6)11/h1-2,7,14H,3-4,12-13H2/t7-/m0/s1. The van der Waals surface area contributed by atoms with E-state index in [1.807, 2.05) is 0 Å². The topological polar surface area (TPSA) is 72.3 Å². The van der Waals surface area contributed by atoms with Crippen LogP contribution in [0.3, 0.4) is 0 Å². The molecule has 1 aromatic rings. The van der Waals surface area contributed by atoms with Gasteiger partial charge >= 0.3 is 0 Å². The third-order valence-corrected chi connectivity index (χ3v) is 2.59. The zero-order chi connectivity index (χ0) is 10.7. The first-order chi connectivity index (χ1) is 6.57. The smallest absolute Gasteiger partial charge is 0.179 e. The van der Waals surface area contributed by atoms with E-state index in [1.54, 1.807) is 6.07 Å². The van der Waals surface area contributed by atoms with Crippen LogP contribution in [-0.4, -0.2) is 11.7 Å². The Morgan fingerprint density at radius 1 is 1.50 bits per heavy atom. The monoisotopic (exact) mass is 262 g/mol. The third-order valence-electron chi connectivity index (χ3n) is 1.98. The van der Waals surface area contributed by atoms with E-state index in [4.69, 9.17) is 11.5 Å². The first kappa shape index (κ1) is 11.4. The summed E-state index contributed by atoms with van der Waals surface area (Å²) >= 11 is 2.97. The van der Waals surface area contributed by atoms with Crippen LogP contribution in [0.1, 0.15) is 18.0 Å². The van der Waals surface area contributed by atoms with Crippen LogP contribution >= 0.6 is 15.9 Å². The molecule has 0 aliphatic carbocycles. The highest BCUT2D eigenvalue weighted by molar-refractivity contribution is 9.10. The van der Waals surface area contributed by atoms with Gasteiger partial charge in [0.2, 0.25) is 0 Å². The van der Waals surface area contributed by atoms with Gasteiger partial charge in [0, 0.05) is 11.6 Å². The average Bonchev–Trinajstić information content (AvgIpc) is 2.15. The average molecular weight is 263 g/mol. The van der Waals surface area contributed by atoms with Gasteiger partial charge in [-0.2, -0.15) is 0 Å². The molecule has 14 heavy (non-hydrogen) atoms. The summed E-state index contributed by atoms with van der Waals surface area (Å²) in [5, 5.41) is 9.45. The van der Waals surface area contributed by atoms with Crippen molar-refractivity contribution in [3.8, 4) is 5.75 Å². The Bertz CT molecular complexity index is 333. The Kier molecular flexibility index (Phi) is 3.86. The van der Waals surface area contributed by atoms with Gasteiger partial charge in [-0.3, -0.25) is 0 Å². The Morgan fingerprint density at radius 3 is 2.71 bits per heavy atom. The van der Waals surface area contributed by atoms with Crippen molar-refractivity contribution in [2.24, 2.45) is 11.5 Å². The van der Waals surface area contributed by atoms with E-state index in [0.717, 1.165) is 0 Å². The number of hydrogen-bond acceptors (Lipinski definition) is 3. The lowest BCUT2D eigenvalue weighted by Crippen LogP contribution is -2.15. The molecule has 1 aromatic carbocycles. The molecule has 5 N–H and O–H groups in total. The van der Waals surface area contributed by atoms with Crippen molar-refractivity contribution < 1.29 is 9.50 Å². The van der Waals surface area contributed by atoms with Gasteiger partial charge in [-0.15, -0.1) is 0 Å². The normalized spacial score (nSPS) is 12.9. The number of halogens is 2. The van der Waals surface area contributed by atoms with Crippen molar-refractivity contribution in [3.05, 3.63) is 28.0 Å². The minimum Gasteiger partial charge on any atom is -0.505 e. The molecule has 0 aliphatic heterocycles. The minimum atomic E-state index is -0.685. The fourth-order valence-electron chi connectivity index (χ4n) is 1.19. The van der Waals surface area contributed by atoms with E-state index in [9.17, 15) is 9.50 Å². The molecule has 0 unspecified atom stereocenters. The van der Waals surface area contributed by atoms with Crippen molar-refractivity contribution in [2.45, 2.75) is 12.5 Å². The predicted octanol–water partition coefficient (Wildman–Crippen LogP) is 1.64. The van der Waals surface area contributed by atoms with Crippen LogP contribution in [0.5, 0.6) is 5.75 Å². The maximum absolute atomic E-state index is 13.2. The van der Waals surface area contributed by atoms with Gasteiger partial charge in [0.1, 0.15) is 0 Å². The highest BCUT2D eigenvalue weighted by atomic mass is 79.9.